The SMILES string of the molecule is Cc1ccc(-n2nc(C(C)(C)C)c3c2N(CC(=O)NCc2ccncc2)C(=O)CSC3c2ccc(F)cc2F)c(C)c1. The van der Waals surface area contributed by atoms with Gasteiger partial charge in [0.05, 0.1) is 22.4 Å². The average molecular weight is 590 g/mol. The van der Waals surface area contributed by atoms with Gasteiger partial charge < -0.3 is 5.32 Å². The first kappa shape index (κ1) is 29.4. The zero-order chi connectivity index (χ0) is 30.2. The molecule has 5 rings (SSSR count). The maximum Gasteiger partial charge on any atom is 0.240 e. The van der Waals surface area contributed by atoms with Gasteiger partial charge >= 0.3 is 0 Å². The number of carbonyl (C=O) groups excluding carboxylic acids is 2. The third kappa shape index (κ3) is 5.94. The van der Waals surface area contributed by atoms with Gasteiger partial charge in [0.2, 0.25) is 11.8 Å². The Labute approximate surface area is 248 Å². The number of aryl methyl sites for hydroxylation is 2. The van der Waals surface area contributed by atoms with Gasteiger partial charge in [-0.05, 0) is 49.2 Å². The lowest BCUT2D eigenvalue weighted by Crippen LogP contribution is -2.42. The molecule has 0 spiro atoms. The molecule has 0 saturated carbocycles. The van der Waals surface area contributed by atoms with Crippen molar-refractivity contribution < 1.29 is 18.4 Å². The van der Waals surface area contributed by atoms with E-state index in [9.17, 15) is 14.0 Å². The van der Waals surface area contributed by atoms with Crippen LogP contribution in [0.2, 0.25) is 0 Å². The van der Waals surface area contributed by atoms with Crippen molar-refractivity contribution in [1.82, 2.24) is 20.1 Å². The van der Waals surface area contributed by atoms with Crippen LogP contribution in [-0.4, -0.2) is 38.9 Å². The van der Waals surface area contributed by atoms with Gasteiger partial charge in [-0.25, -0.2) is 13.5 Å². The molecule has 1 N–H and O–H groups in total. The van der Waals surface area contributed by atoms with Crippen molar-refractivity contribution in [1.29, 1.82) is 0 Å². The van der Waals surface area contributed by atoms with Crippen LogP contribution in [0.15, 0.2) is 60.9 Å². The molecule has 0 bridgehead atoms. The molecule has 0 aliphatic carbocycles. The fourth-order valence-corrected chi connectivity index (χ4v) is 6.36. The molecular weight excluding hydrogens is 556 g/mol. The summed E-state index contributed by atoms with van der Waals surface area (Å²) >= 11 is 1.25. The summed E-state index contributed by atoms with van der Waals surface area (Å²) in [5, 5.41) is 7.28. The van der Waals surface area contributed by atoms with E-state index in [1.54, 1.807) is 29.2 Å². The number of benzene rings is 2. The lowest BCUT2D eigenvalue weighted by Gasteiger charge is -2.25. The maximum atomic E-state index is 15.3. The third-order valence-corrected chi connectivity index (χ3v) is 8.40. The van der Waals surface area contributed by atoms with Crippen molar-refractivity contribution in [2.24, 2.45) is 0 Å². The number of hydrogen-bond donors (Lipinski definition) is 1. The summed E-state index contributed by atoms with van der Waals surface area (Å²) in [4.78, 5) is 32.6. The van der Waals surface area contributed by atoms with Gasteiger partial charge in [-0.1, -0.05) is 44.5 Å². The Hall–Kier alpha value is -4.05. The van der Waals surface area contributed by atoms with Crippen LogP contribution in [0, 0.1) is 25.5 Å². The van der Waals surface area contributed by atoms with Gasteiger partial charge in [-0.2, -0.15) is 5.10 Å². The van der Waals surface area contributed by atoms with Crippen molar-refractivity contribution in [3.63, 3.8) is 0 Å². The van der Waals surface area contributed by atoms with E-state index in [1.165, 1.54) is 28.8 Å². The molecule has 2 aromatic carbocycles. The maximum absolute atomic E-state index is 15.3. The Morgan fingerprint density at radius 2 is 1.81 bits per heavy atom. The van der Waals surface area contributed by atoms with E-state index >= 15 is 4.39 Å². The number of halogens is 2. The van der Waals surface area contributed by atoms with E-state index in [4.69, 9.17) is 5.10 Å². The van der Waals surface area contributed by atoms with Gasteiger partial charge in [-0.15, -0.1) is 11.8 Å². The van der Waals surface area contributed by atoms with Crippen molar-refractivity contribution in [3.8, 4) is 5.69 Å². The summed E-state index contributed by atoms with van der Waals surface area (Å²) < 4.78 is 31.0. The zero-order valence-electron chi connectivity index (χ0n) is 24.2. The molecular formula is C32H33F2N5O2S. The minimum absolute atomic E-state index is 0.00966. The molecule has 1 aliphatic heterocycles. The fraction of sp³-hybridized carbons (Fsp3) is 0.312. The van der Waals surface area contributed by atoms with E-state index in [0.717, 1.165) is 28.4 Å². The lowest BCUT2D eigenvalue weighted by molar-refractivity contribution is -0.123. The summed E-state index contributed by atoms with van der Waals surface area (Å²) in [7, 11) is 0. The number of carbonyl (C=O) groups is 2. The number of thioether (sulfide) groups is 1. The Morgan fingerprint density at radius 1 is 1.07 bits per heavy atom. The molecule has 2 aromatic heterocycles. The molecule has 1 unspecified atom stereocenters. The number of pyridine rings is 1. The number of fused-ring (bicyclic) bond motifs is 1. The van der Waals surface area contributed by atoms with Gasteiger partial charge in [0, 0.05) is 41.5 Å². The van der Waals surface area contributed by atoms with Gasteiger partial charge in [0.25, 0.3) is 0 Å². The Morgan fingerprint density at radius 3 is 2.48 bits per heavy atom. The number of amides is 2. The Bertz CT molecular complexity index is 1650. The molecule has 218 valence electrons. The summed E-state index contributed by atoms with van der Waals surface area (Å²) in [5.41, 5.74) is 4.65. The van der Waals surface area contributed by atoms with E-state index < -0.39 is 22.3 Å². The molecule has 0 fully saturated rings. The second kappa shape index (κ2) is 11.7. The topological polar surface area (TPSA) is 80.1 Å². The molecule has 0 saturated heterocycles. The predicted molar refractivity (Wildman–Crippen MR) is 161 cm³/mol. The number of hydrogen-bond acceptors (Lipinski definition) is 5. The van der Waals surface area contributed by atoms with Crippen molar-refractivity contribution in [2.75, 3.05) is 17.2 Å². The number of nitrogens with zero attached hydrogens (tertiary/aromatic N) is 4. The van der Waals surface area contributed by atoms with Crippen LogP contribution in [0.25, 0.3) is 5.69 Å². The number of aromatic nitrogens is 3. The standard InChI is InChI=1S/C32H33F2N5O2S/c1-19-6-9-25(20(2)14-19)39-31-28(30(37-39)32(3,4)5)29(23-8-7-22(33)15-24(23)34)42-18-27(41)38(31)17-26(40)36-16-21-10-12-35-13-11-21/h6-15,29H,16-18H2,1-5H3,(H,36,40). The van der Waals surface area contributed by atoms with Crippen molar-refractivity contribution in [3.05, 3.63) is 106 Å². The highest BCUT2D eigenvalue weighted by Crippen LogP contribution is 2.49. The summed E-state index contributed by atoms with van der Waals surface area (Å²) in [6.07, 6.45) is 3.29. The second-order valence-electron chi connectivity index (χ2n) is 11.5. The van der Waals surface area contributed by atoms with Crippen LogP contribution in [-0.2, 0) is 21.5 Å². The molecule has 4 aromatic rings. The molecule has 0 radical (unpaired) electrons. The lowest BCUT2D eigenvalue weighted by atomic mass is 9.87. The van der Waals surface area contributed by atoms with Gasteiger partial charge in [-0.3, -0.25) is 19.5 Å². The fourth-order valence-electron chi connectivity index (χ4n) is 5.14. The molecule has 42 heavy (non-hydrogen) atoms. The van der Waals surface area contributed by atoms with E-state index in [2.05, 4.69) is 10.3 Å². The van der Waals surface area contributed by atoms with Gasteiger partial charge in [0.15, 0.2) is 0 Å². The zero-order valence-corrected chi connectivity index (χ0v) is 25.1. The Balaban J connectivity index is 1.70. The molecule has 10 heteroatoms. The van der Waals surface area contributed by atoms with Crippen LogP contribution in [0.5, 0.6) is 0 Å². The van der Waals surface area contributed by atoms with E-state index in [0.29, 0.717) is 17.1 Å². The largest absolute Gasteiger partial charge is 0.350 e. The molecule has 1 aliphatic rings. The molecule has 1 atom stereocenters. The van der Waals surface area contributed by atoms with Crippen molar-refractivity contribution in [2.45, 2.75) is 51.8 Å². The van der Waals surface area contributed by atoms with Crippen LogP contribution in [0.4, 0.5) is 14.6 Å². The monoisotopic (exact) mass is 589 g/mol. The molecule has 3 heterocycles. The van der Waals surface area contributed by atoms with Crippen molar-refractivity contribution >= 4 is 29.4 Å². The first-order valence-electron chi connectivity index (χ1n) is 13.7. The minimum atomic E-state index is -0.700. The minimum Gasteiger partial charge on any atom is -0.350 e. The first-order chi connectivity index (χ1) is 19.9. The highest BCUT2D eigenvalue weighted by molar-refractivity contribution is 8.00. The highest BCUT2D eigenvalue weighted by Gasteiger charge is 2.40. The van der Waals surface area contributed by atoms with Crippen LogP contribution in [0.3, 0.4) is 0 Å². The third-order valence-electron chi connectivity index (χ3n) is 7.17. The van der Waals surface area contributed by atoms with Gasteiger partial charge in [0.1, 0.15) is 24.0 Å². The van der Waals surface area contributed by atoms with Crippen LogP contribution in [0.1, 0.15) is 59.5 Å². The molecule has 7 nitrogen and oxygen atoms in total. The van der Waals surface area contributed by atoms with E-state index in [-0.39, 0.29) is 36.2 Å². The predicted octanol–water partition coefficient (Wildman–Crippen LogP) is 5.95. The average Bonchev–Trinajstić information content (AvgIpc) is 3.26. The normalized spacial score (nSPS) is 15.4. The number of anilines is 1. The Kier molecular flexibility index (Phi) is 8.19. The number of nitrogens with one attached hydrogen (secondary N) is 1. The quantitative estimate of drug-likeness (QED) is 0.301. The number of rotatable bonds is 6. The first-order valence-corrected chi connectivity index (χ1v) is 14.7. The smallest absolute Gasteiger partial charge is 0.240 e. The summed E-state index contributed by atoms with van der Waals surface area (Å²) in [5.74, 6) is -1.64. The highest BCUT2D eigenvalue weighted by atomic mass is 32.2. The summed E-state index contributed by atoms with van der Waals surface area (Å²) in [6, 6.07) is 13.0. The van der Waals surface area contributed by atoms with E-state index in [1.807, 2.05) is 52.8 Å². The van der Waals surface area contributed by atoms with Crippen LogP contribution < -0.4 is 10.2 Å². The second-order valence-corrected chi connectivity index (χ2v) is 12.6. The molecule has 2 amide bonds. The summed E-state index contributed by atoms with van der Waals surface area (Å²) in [6.45, 7) is 9.99. The van der Waals surface area contributed by atoms with Crippen LogP contribution >= 0.6 is 11.8 Å².